The predicted molar refractivity (Wildman–Crippen MR) is 87.0 cm³/mol. The Bertz CT molecular complexity index is 916. The van der Waals surface area contributed by atoms with Gasteiger partial charge in [-0.1, -0.05) is 0 Å². The summed E-state index contributed by atoms with van der Waals surface area (Å²) in [5.41, 5.74) is 4.28. The van der Waals surface area contributed by atoms with E-state index in [2.05, 4.69) is 34.8 Å². The third-order valence-corrected chi connectivity index (χ3v) is 4.29. The van der Waals surface area contributed by atoms with Crippen LogP contribution in [-0.4, -0.2) is 41.3 Å². The fraction of sp³-hybridized carbons (Fsp3) is 0.312. The maximum atomic E-state index is 12.5. The fourth-order valence-electron chi connectivity index (χ4n) is 2.93. The van der Waals surface area contributed by atoms with Gasteiger partial charge < -0.3 is 9.97 Å². The third kappa shape index (κ3) is 2.71. The molecule has 0 aromatic carbocycles. The van der Waals surface area contributed by atoms with Gasteiger partial charge in [-0.15, -0.1) is 0 Å². The molecule has 0 atom stereocenters. The van der Waals surface area contributed by atoms with Crippen LogP contribution in [0.3, 0.4) is 0 Å². The molecule has 0 fully saturated rings. The molecular weight excluding hydrogens is 306 g/mol. The van der Waals surface area contributed by atoms with Gasteiger partial charge in [0.1, 0.15) is 12.2 Å². The van der Waals surface area contributed by atoms with E-state index in [9.17, 15) is 4.79 Å². The highest BCUT2D eigenvalue weighted by molar-refractivity contribution is 5.52. The van der Waals surface area contributed by atoms with Crippen molar-refractivity contribution in [1.29, 1.82) is 0 Å². The topological polar surface area (TPSA) is 103 Å². The minimum absolute atomic E-state index is 0.0951. The standard InChI is InChI=1S/C16H17N7O/c1-10-14(20-9-19-10)7-23-3-2-13-12(6-23)16(24)22-15(21-13)11-4-17-8-18-5-11/h4-5,8-9H,2-3,6-7H2,1H3,(H,19,20)(H,21,22,24). The minimum Gasteiger partial charge on any atom is -0.348 e. The molecule has 0 bridgehead atoms. The molecule has 0 amide bonds. The van der Waals surface area contributed by atoms with E-state index in [1.54, 1.807) is 18.7 Å². The molecule has 3 aromatic rings. The largest absolute Gasteiger partial charge is 0.348 e. The zero-order chi connectivity index (χ0) is 16.5. The van der Waals surface area contributed by atoms with E-state index >= 15 is 0 Å². The Hall–Kier alpha value is -2.87. The first-order valence-corrected chi connectivity index (χ1v) is 7.79. The fourth-order valence-corrected chi connectivity index (χ4v) is 2.93. The average molecular weight is 323 g/mol. The van der Waals surface area contributed by atoms with Crippen LogP contribution in [0.4, 0.5) is 0 Å². The van der Waals surface area contributed by atoms with Crippen LogP contribution in [-0.2, 0) is 19.5 Å². The molecule has 0 saturated heterocycles. The molecule has 4 rings (SSSR count). The van der Waals surface area contributed by atoms with Gasteiger partial charge in [0.15, 0.2) is 0 Å². The lowest BCUT2D eigenvalue weighted by molar-refractivity contribution is 0.239. The number of imidazole rings is 1. The Kier molecular flexibility index (Phi) is 3.66. The van der Waals surface area contributed by atoms with Crippen LogP contribution in [0.25, 0.3) is 11.4 Å². The summed E-state index contributed by atoms with van der Waals surface area (Å²) in [7, 11) is 0. The first kappa shape index (κ1) is 14.7. The van der Waals surface area contributed by atoms with Crippen LogP contribution < -0.4 is 5.56 Å². The number of nitrogens with one attached hydrogen (secondary N) is 2. The number of nitrogens with zero attached hydrogens (tertiary/aromatic N) is 5. The SMILES string of the molecule is Cc1[nH]cnc1CN1CCc2nc(-c3cncnc3)[nH]c(=O)c2C1. The molecule has 8 heteroatoms. The van der Waals surface area contributed by atoms with Gasteiger partial charge in [-0.25, -0.2) is 19.9 Å². The maximum Gasteiger partial charge on any atom is 0.255 e. The van der Waals surface area contributed by atoms with Gasteiger partial charge in [-0.3, -0.25) is 9.69 Å². The van der Waals surface area contributed by atoms with Gasteiger partial charge in [-0.2, -0.15) is 0 Å². The first-order valence-electron chi connectivity index (χ1n) is 7.79. The van der Waals surface area contributed by atoms with E-state index in [-0.39, 0.29) is 5.56 Å². The highest BCUT2D eigenvalue weighted by Gasteiger charge is 2.22. The number of aromatic amines is 2. The summed E-state index contributed by atoms with van der Waals surface area (Å²) in [6, 6.07) is 0. The molecule has 0 aliphatic carbocycles. The second-order valence-corrected chi connectivity index (χ2v) is 5.90. The molecule has 3 aromatic heterocycles. The summed E-state index contributed by atoms with van der Waals surface area (Å²) in [4.78, 5) is 37.5. The minimum atomic E-state index is -0.0951. The first-order chi connectivity index (χ1) is 11.7. The Balaban J connectivity index is 1.61. The Morgan fingerprint density at radius 3 is 2.88 bits per heavy atom. The normalized spacial score (nSPS) is 14.5. The quantitative estimate of drug-likeness (QED) is 0.739. The van der Waals surface area contributed by atoms with E-state index in [1.807, 2.05) is 6.92 Å². The van der Waals surface area contributed by atoms with Crippen LogP contribution in [0.5, 0.6) is 0 Å². The van der Waals surface area contributed by atoms with Gasteiger partial charge in [-0.05, 0) is 6.92 Å². The van der Waals surface area contributed by atoms with Gasteiger partial charge in [0, 0.05) is 44.1 Å². The summed E-state index contributed by atoms with van der Waals surface area (Å²) in [6.07, 6.45) is 7.18. The van der Waals surface area contributed by atoms with Crippen LogP contribution >= 0.6 is 0 Å². The van der Waals surface area contributed by atoms with Gasteiger partial charge in [0.05, 0.1) is 28.8 Å². The van der Waals surface area contributed by atoms with Crippen molar-refractivity contribution in [2.75, 3.05) is 6.54 Å². The molecular formula is C16H17N7O. The Labute approximate surface area is 138 Å². The maximum absolute atomic E-state index is 12.5. The van der Waals surface area contributed by atoms with Gasteiger partial charge in [0.25, 0.3) is 5.56 Å². The molecule has 4 heterocycles. The molecule has 0 unspecified atom stereocenters. The molecule has 0 spiro atoms. The van der Waals surface area contributed by atoms with E-state index in [0.29, 0.717) is 17.9 Å². The van der Waals surface area contributed by atoms with Crippen LogP contribution in [0.15, 0.2) is 29.8 Å². The molecule has 122 valence electrons. The van der Waals surface area contributed by atoms with Crippen molar-refractivity contribution < 1.29 is 0 Å². The number of rotatable bonds is 3. The average Bonchev–Trinajstić information content (AvgIpc) is 3.01. The highest BCUT2D eigenvalue weighted by Crippen LogP contribution is 2.19. The zero-order valence-corrected chi connectivity index (χ0v) is 13.3. The number of aromatic nitrogens is 6. The summed E-state index contributed by atoms with van der Waals surface area (Å²) in [5.74, 6) is 0.524. The number of H-pyrrole nitrogens is 2. The number of aryl methyl sites for hydroxylation is 1. The lowest BCUT2D eigenvalue weighted by Gasteiger charge is -2.27. The van der Waals surface area contributed by atoms with Crippen molar-refractivity contribution in [2.45, 2.75) is 26.4 Å². The number of hydrogen-bond acceptors (Lipinski definition) is 6. The monoisotopic (exact) mass is 323 g/mol. The van der Waals surface area contributed by atoms with Crippen molar-refractivity contribution in [3.63, 3.8) is 0 Å². The van der Waals surface area contributed by atoms with Gasteiger partial charge in [0.2, 0.25) is 0 Å². The molecule has 0 radical (unpaired) electrons. The number of fused-ring (bicyclic) bond motifs is 1. The molecule has 1 aliphatic heterocycles. The summed E-state index contributed by atoms with van der Waals surface area (Å²) >= 11 is 0. The summed E-state index contributed by atoms with van der Waals surface area (Å²) in [5, 5.41) is 0. The second kappa shape index (κ2) is 5.97. The molecule has 2 N–H and O–H groups in total. The van der Waals surface area contributed by atoms with Crippen molar-refractivity contribution in [1.82, 2.24) is 34.8 Å². The van der Waals surface area contributed by atoms with Crippen molar-refractivity contribution >= 4 is 0 Å². The molecule has 0 saturated carbocycles. The third-order valence-electron chi connectivity index (χ3n) is 4.29. The Morgan fingerprint density at radius 2 is 2.12 bits per heavy atom. The molecule has 1 aliphatic rings. The van der Waals surface area contributed by atoms with E-state index in [0.717, 1.165) is 42.2 Å². The summed E-state index contributed by atoms with van der Waals surface area (Å²) < 4.78 is 0. The van der Waals surface area contributed by atoms with E-state index in [1.165, 1.54) is 6.33 Å². The summed E-state index contributed by atoms with van der Waals surface area (Å²) in [6.45, 7) is 4.15. The smallest absolute Gasteiger partial charge is 0.255 e. The molecule has 8 nitrogen and oxygen atoms in total. The highest BCUT2D eigenvalue weighted by atomic mass is 16.1. The lowest BCUT2D eigenvalue weighted by atomic mass is 10.1. The number of hydrogen-bond donors (Lipinski definition) is 2. The predicted octanol–water partition coefficient (Wildman–Crippen LogP) is 0.817. The molecule has 24 heavy (non-hydrogen) atoms. The van der Waals surface area contributed by atoms with Crippen LogP contribution in [0, 0.1) is 6.92 Å². The van der Waals surface area contributed by atoms with Crippen molar-refractivity contribution in [2.24, 2.45) is 0 Å². The van der Waals surface area contributed by atoms with E-state index in [4.69, 9.17) is 0 Å². The second-order valence-electron chi connectivity index (χ2n) is 5.90. The lowest BCUT2D eigenvalue weighted by Crippen LogP contribution is -2.35. The van der Waals surface area contributed by atoms with Crippen molar-refractivity contribution in [3.8, 4) is 11.4 Å². The van der Waals surface area contributed by atoms with Crippen LogP contribution in [0.1, 0.15) is 22.6 Å². The van der Waals surface area contributed by atoms with Gasteiger partial charge >= 0.3 is 0 Å². The zero-order valence-electron chi connectivity index (χ0n) is 13.3. The van der Waals surface area contributed by atoms with Crippen LogP contribution in [0.2, 0.25) is 0 Å². The van der Waals surface area contributed by atoms with E-state index < -0.39 is 0 Å². The Morgan fingerprint density at radius 1 is 1.29 bits per heavy atom. The van der Waals surface area contributed by atoms with Crippen molar-refractivity contribution in [3.05, 3.63) is 58.0 Å².